The summed E-state index contributed by atoms with van der Waals surface area (Å²) in [6.45, 7) is 1.95. The van der Waals surface area contributed by atoms with E-state index >= 15 is 0 Å². The van der Waals surface area contributed by atoms with Crippen LogP contribution in [0.4, 0.5) is 0 Å². The lowest BCUT2D eigenvalue weighted by Gasteiger charge is -2.06. The van der Waals surface area contributed by atoms with Crippen LogP contribution in [0.2, 0.25) is 0 Å². The van der Waals surface area contributed by atoms with Crippen LogP contribution in [0.15, 0.2) is 0 Å². The first-order valence-electron chi connectivity index (χ1n) is 6.19. The lowest BCUT2D eigenvalue weighted by molar-refractivity contribution is 0.111. The van der Waals surface area contributed by atoms with Crippen LogP contribution in [0, 0.1) is 12.8 Å². The molecule has 88 valence electrons. The Bertz CT molecular complexity index is 376. The molecular weight excluding hydrogens is 200 g/mol. The Morgan fingerprint density at radius 1 is 1.44 bits per heavy atom. The van der Waals surface area contributed by atoms with E-state index in [0.717, 1.165) is 35.8 Å². The Balaban J connectivity index is 2.02. The summed E-state index contributed by atoms with van der Waals surface area (Å²) >= 11 is 0. The highest BCUT2D eigenvalue weighted by Crippen LogP contribution is 2.28. The number of hydrogen-bond donors (Lipinski definition) is 0. The van der Waals surface area contributed by atoms with Crippen LogP contribution < -0.4 is 0 Å². The molecule has 0 unspecified atom stereocenters. The summed E-state index contributed by atoms with van der Waals surface area (Å²) in [6, 6.07) is 0. The predicted molar refractivity (Wildman–Crippen MR) is 63.6 cm³/mol. The lowest BCUT2D eigenvalue weighted by Crippen LogP contribution is -2.01. The second-order valence-corrected chi connectivity index (χ2v) is 4.86. The Kier molecular flexibility index (Phi) is 3.42. The number of rotatable bonds is 4. The van der Waals surface area contributed by atoms with Gasteiger partial charge in [0.25, 0.3) is 0 Å². The molecule has 0 aliphatic heterocycles. The van der Waals surface area contributed by atoms with Crippen molar-refractivity contribution in [3.8, 4) is 0 Å². The van der Waals surface area contributed by atoms with Crippen molar-refractivity contribution in [2.24, 2.45) is 13.0 Å². The van der Waals surface area contributed by atoms with Gasteiger partial charge < -0.3 is 4.57 Å². The van der Waals surface area contributed by atoms with Crippen molar-refractivity contribution in [2.75, 3.05) is 0 Å². The molecule has 3 nitrogen and oxygen atoms in total. The van der Waals surface area contributed by atoms with Gasteiger partial charge in [-0.05, 0) is 25.7 Å². The molecule has 1 aliphatic carbocycles. The summed E-state index contributed by atoms with van der Waals surface area (Å²) in [5, 5.41) is 0. The fourth-order valence-electron chi connectivity index (χ4n) is 2.67. The van der Waals surface area contributed by atoms with E-state index in [4.69, 9.17) is 0 Å². The minimum atomic E-state index is 0.760. The number of carbonyl (C=O) groups excluding carboxylic acids is 1. The highest BCUT2D eigenvalue weighted by atomic mass is 16.1. The van der Waals surface area contributed by atoms with Crippen LogP contribution in [0.25, 0.3) is 0 Å². The molecule has 1 fully saturated rings. The summed E-state index contributed by atoms with van der Waals surface area (Å²) in [5.41, 5.74) is 1.75. The topological polar surface area (TPSA) is 34.9 Å². The van der Waals surface area contributed by atoms with Gasteiger partial charge >= 0.3 is 0 Å². The Hall–Kier alpha value is -1.12. The molecule has 0 radical (unpaired) electrons. The van der Waals surface area contributed by atoms with Gasteiger partial charge in [-0.2, -0.15) is 0 Å². The van der Waals surface area contributed by atoms with Crippen molar-refractivity contribution in [1.82, 2.24) is 9.55 Å². The Labute approximate surface area is 96.9 Å². The van der Waals surface area contributed by atoms with Crippen molar-refractivity contribution in [2.45, 2.75) is 45.4 Å². The minimum absolute atomic E-state index is 0.760. The zero-order valence-electron chi connectivity index (χ0n) is 10.2. The molecule has 1 aliphatic rings. The van der Waals surface area contributed by atoms with Crippen molar-refractivity contribution in [3.05, 3.63) is 17.2 Å². The molecular formula is C13H20N2O. The SMILES string of the molecule is Cc1nc(CCC2CCCC2)c(C=O)n1C. The summed E-state index contributed by atoms with van der Waals surface area (Å²) in [6.07, 6.45) is 8.57. The summed E-state index contributed by atoms with van der Waals surface area (Å²) in [7, 11) is 1.91. The van der Waals surface area contributed by atoms with Crippen molar-refractivity contribution >= 4 is 6.29 Å². The highest BCUT2D eigenvalue weighted by molar-refractivity contribution is 5.74. The van der Waals surface area contributed by atoms with Crippen LogP contribution in [-0.2, 0) is 13.5 Å². The molecule has 2 rings (SSSR count). The molecule has 1 aromatic rings. The number of hydrogen-bond acceptors (Lipinski definition) is 2. The highest BCUT2D eigenvalue weighted by Gasteiger charge is 2.17. The van der Waals surface area contributed by atoms with Crippen molar-refractivity contribution in [3.63, 3.8) is 0 Å². The third-order valence-electron chi connectivity index (χ3n) is 3.81. The zero-order chi connectivity index (χ0) is 11.5. The van der Waals surface area contributed by atoms with E-state index < -0.39 is 0 Å². The van der Waals surface area contributed by atoms with Gasteiger partial charge in [0.15, 0.2) is 6.29 Å². The predicted octanol–water partition coefficient (Wildman–Crippen LogP) is 2.66. The van der Waals surface area contributed by atoms with Crippen LogP contribution in [0.3, 0.4) is 0 Å². The number of nitrogens with zero attached hydrogens (tertiary/aromatic N) is 2. The van der Waals surface area contributed by atoms with Gasteiger partial charge in [0.05, 0.1) is 5.69 Å². The minimum Gasteiger partial charge on any atom is -0.329 e. The average Bonchev–Trinajstić information content (AvgIpc) is 2.86. The van der Waals surface area contributed by atoms with E-state index in [1.165, 1.54) is 32.1 Å². The first-order valence-corrected chi connectivity index (χ1v) is 6.19. The monoisotopic (exact) mass is 220 g/mol. The smallest absolute Gasteiger partial charge is 0.168 e. The van der Waals surface area contributed by atoms with Crippen LogP contribution >= 0.6 is 0 Å². The average molecular weight is 220 g/mol. The number of carbonyl (C=O) groups is 1. The van der Waals surface area contributed by atoms with Gasteiger partial charge in [-0.3, -0.25) is 4.79 Å². The number of aldehydes is 1. The fraction of sp³-hybridized carbons (Fsp3) is 0.692. The molecule has 0 N–H and O–H groups in total. The summed E-state index contributed by atoms with van der Waals surface area (Å²) in [5.74, 6) is 1.80. The first kappa shape index (κ1) is 11.4. The third kappa shape index (κ3) is 2.18. The van der Waals surface area contributed by atoms with Gasteiger partial charge in [-0.15, -0.1) is 0 Å². The molecule has 1 saturated carbocycles. The van der Waals surface area contributed by atoms with E-state index in [1.54, 1.807) is 0 Å². The first-order chi connectivity index (χ1) is 7.72. The van der Waals surface area contributed by atoms with Gasteiger partial charge in [0.2, 0.25) is 0 Å². The molecule has 0 atom stereocenters. The van der Waals surface area contributed by atoms with Crippen molar-refractivity contribution < 1.29 is 4.79 Å². The summed E-state index contributed by atoms with van der Waals surface area (Å²) < 4.78 is 1.89. The number of aromatic nitrogens is 2. The van der Waals surface area contributed by atoms with Crippen LogP contribution in [0.1, 0.15) is 54.1 Å². The van der Waals surface area contributed by atoms with Gasteiger partial charge in [0.1, 0.15) is 11.5 Å². The zero-order valence-corrected chi connectivity index (χ0v) is 10.2. The number of imidazole rings is 1. The van der Waals surface area contributed by atoms with Crippen molar-refractivity contribution in [1.29, 1.82) is 0 Å². The molecule has 1 aromatic heterocycles. The Morgan fingerprint density at radius 2 is 2.12 bits per heavy atom. The normalized spacial score (nSPS) is 16.9. The van der Waals surface area contributed by atoms with E-state index in [-0.39, 0.29) is 0 Å². The maximum absolute atomic E-state index is 11.0. The molecule has 1 heterocycles. The van der Waals surface area contributed by atoms with Gasteiger partial charge in [-0.25, -0.2) is 4.98 Å². The van der Waals surface area contributed by atoms with E-state index in [1.807, 2.05) is 18.5 Å². The van der Waals surface area contributed by atoms with E-state index in [0.29, 0.717) is 0 Å². The van der Waals surface area contributed by atoms with Crippen LogP contribution in [0.5, 0.6) is 0 Å². The number of aryl methyl sites for hydroxylation is 2. The molecule has 0 bridgehead atoms. The summed E-state index contributed by atoms with van der Waals surface area (Å²) in [4.78, 5) is 15.5. The standard InChI is InChI=1S/C13H20N2O/c1-10-14-12(13(9-16)15(10)2)8-7-11-5-3-4-6-11/h9,11H,3-8H2,1-2H3. The Morgan fingerprint density at radius 3 is 2.75 bits per heavy atom. The fourth-order valence-corrected chi connectivity index (χ4v) is 2.67. The van der Waals surface area contributed by atoms with Crippen LogP contribution in [-0.4, -0.2) is 15.8 Å². The van der Waals surface area contributed by atoms with Gasteiger partial charge in [-0.1, -0.05) is 25.7 Å². The molecule has 3 heteroatoms. The maximum Gasteiger partial charge on any atom is 0.168 e. The van der Waals surface area contributed by atoms with E-state index in [9.17, 15) is 4.79 Å². The lowest BCUT2D eigenvalue weighted by atomic mass is 10.0. The molecule has 0 spiro atoms. The molecule has 16 heavy (non-hydrogen) atoms. The van der Waals surface area contributed by atoms with Gasteiger partial charge in [0, 0.05) is 7.05 Å². The maximum atomic E-state index is 11.0. The second-order valence-electron chi connectivity index (χ2n) is 4.86. The largest absolute Gasteiger partial charge is 0.329 e. The molecule has 0 aromatic carbocycles. The molecule has 0 saturated heterocycles. The third-order valence-corrected chi connectivity index (χ3v) is 3.81. The second kappa shape index (κ2) is 4.81. The van der Waals surface area contributed by atoms with E-state index in [2.05, 4.69) is 4.98 Å². The molecule has 0 amide bonds. The quantitative estimate of drug-likeness (QED) is 0.731.